The molecule has 1 N–H and O–H groups in total. The molecule has 0 saturated carbocycles. The molecule has 1 aliphatic rings. The maximum Gasteiger partial charge on any atom is 1.00 e. The maximum atomic E-state index is 11.8. The predicted molar refractivity (Wildman–Crippen MR) is 71.1 cm³/mol. The zero-order chi connectivity index (χ0) is 17.2. The van der Waals surface area contributed by atoms with Crippen molar-refractivity contribution >= 4 is 7.82 Å². The third-order valence-electron chi connectivity index (χ3n) is 3.26. The van der Waals surface area contributed by atoms with Gasteiger partial charge in [0, 0.05) is 23.1 Å². The second kappa shape index (κ2) is 10.4. The van der Waals surface area contributed by atoms with Crippen molar-refractivity contribution < 1.29 is 82.7 Å². The summed E-state index contributed by atoms with van der Waals surface area (Å²) < 4.78 is 21.2. The van der Waals surface area contributed by atoms with Crippen molar-refractivity contribution in [1.82, 2.24) is 9.55 Å². The van der Waals surface area contributed by atoms with Gasteiger partial charge in [-0.25, -0.2) is 4.79 Å². The van der Waals surface area contributed by atoms with Crippen LogP contribution < -0.4 is 80.2 Å². The van der Waals surface area contributed by atoms with Gasteiger partial charge in [-0.2, -0.15) is 0 Å². The van der Waals surface area contributed by atoms with Crippen LogP contribution in [0.2, 0.25) is 0 Å². The Balaban J connectivity index is 0.00000288. The number of rotatable bonds is 5. The Bertz CT molecular complexity index is 802. The molecule has 1 fully saturated rings. The number of phosphoric ester groups is 1. The first kappa shape index (κ1) is 25.1. The van der Waals surface area contributed by atoms with Gasteiger partial charge < -0.3 is 23.6 Å². The van der Waals surface area contributed by atoms with Gasteiger partial charge in [0.25, 0.3) is 5.56 Å². The Hall–Kier alpha value is 0.0600. The number of hydrogen-bond acceptors (Lipinski definition) is 8. The summed E-state index contributed by atoms with van der Waals surface area (Å²) in [7, 11) is -5.21. The van der Waals surface area contributed by atoms with Crippen LogP contribution >= 0.6 is 7.82 Å². The van der Waals surface area contributed by atoms with Crippen molar-refractivity contribution in [2.45, 2.75) is 31.7 Å². The standard InChI is InChI=1S/C10H14N5O7P.2Na/c1-5-3-15(10(17)12-9(5)16)8-2-6(13-14-11)7(22-8)4-21-23(18,19)20;;/h3,6-8H,2,4H2,1H3,(H,12,16,17)(H2,18,19,20);;/q;2*+1/p-2. The molecule has 15 heteroatoms. The molecule has 1 aliphatic heterocycles. The number of nitrogens with zero attached hydrogens (tertiary/aromatic N) is 4. The summed E-state index contributed by atoms with van der Waals surface area (Å²) in [4.78, 5) is 49.0. The van der Waals surface area contributed by atoms with Gasteiger partial charge in [-0.3, -0.25) is 14.3 Å². The normalized spacial score (nSPS) is 22.4. The maximum absolute atomic E-state index is 11.8. The average molecular weight is 391 g/mol. The van der Waals surface area contributed by atoms with E-state index in [1.165, 1.54) is 13.1 Å². The van der Waals surface area contributed by atoms with E-state index >= 15 is 0 Å². The molecule has 0 radical (unpaired) electrons. The zero-order valence-corrected chi connectivity index (χ0v) is 18.7. The fraction of sp³-hybridized carbons (Fsp3) is 0.600. The van der Waals surface area contributed by atoms with Crippen molar-refractivity contribution in [2.75, 3.05) is 6.61 Å². The fourth-order valence-corrected chi connectivity index (χ4v) is 2.52. The minimum atomic E-state index is -5.21. The van der Waals surface area contributed by atoms with E-state index in [1.54, 1.807) is 0 Å². The number of aromatic nitrogens is 2. The molecule has 0 amide bonds. The number of H-pyrrole nitrogens is 1. The van der Waals surface area contributed by atoms with Gasteiger partial charge in [0.15, 0.2) is 0 Å². The van der Waals surface area contributed by atoms with Gasteiger partial charge in [0.2, 0.25) is 0 Å². The second-order valence-corrected chi connectivity index (χ2v) is 6.01. The third kappa shape index (κ3) is 6.94. The quantitative estimate of drug-likeness (QED) is 0.170. The summed E-state index contributed by atoms with van der Waals surface area (Å²) in [6.07, 6.45) is -0.606. The zero-order valence-electron chi connectivity index (χ0n) is 13.8. The third-order valence-corrected chi connectivity index (χ3v) is 3.72. The Morgan fingerprint density at radius 1 is 1.52 bits per heavy atom. The van der Waals surface area contributed by atoms with Crippen molar-refractivity contribution in [2.24, 2.45) is 5.11 Å². The van der Waals surface area contributed by atoms with Crippen molar-refractivity contribution in [3.05, 3.63) is 43.0 Å². The van der Waals surface area contributed by atoms with Crippen LogP contribution in [0.25, 0.3) is 10.4 Å². The van der Waals surface area contributed by atoms with Crippen LogP contribution in [0.15, 0.2) is 20.9 Å². The molecule has 25 heavy (non-hydrogen) atoms. The van der Waals surface area contributed by atoms with Crippen LogP contribution in [-0.2, 0) is 13.8 Å². The first-order chi connectivity index (χ1) is 10.7. The molecule has 1 saturated heterocycles. The summed E-state index contributed by atoms with van der Waals surface area (Å²) in [6, 6.07) is -0.837. The van der Waals surface area contributed by atoms with Gasteiger partial charge in [0.1, 0.15) is 6.23 Å². The Kier molecular flexibility index (Phi) is 10.4. The number of hydrogen-bond donors (Lipinski definition) is 1. The van der Waals surface area contributed by atoms with Crippen molar-refractivity contribution in [3.63, 3.8) is 0 Å². The van der Waals surface area contributed by atoms with E-state index in [1.807, 2.05) is 0 Å². The van der Waals surface area contributed by atoms with Crippen LogP contribution in [0.5, 0.6) is 0 Å². The number of nitrogens with one attached hydrogen (secondary N) is 1. The first-order valence-corrected chi connectivity index (χ1v) is 7.85. The summed E-state index contributed by atoms with van der Waals surface area (Å²) >= 11 is 0. The largest absolute Gasteiger partial charge is 1.00 e. The van der Waals surface area contributed by atoms with Gasteiger partial charge in [0.05, 0.1) is 26.6 Å². The van der Waals surface area contributed by atoms with Crippen LogP contribution in [0, 0.1) is 6.92 Å². The second-order valence-electron chi connectivity index (χ2n) is 4.86. The Morgan fingerprint density at radius 2 is 2.16 bits per heavy atom. The smallest absolute Gasteiger partial charge is 0.790 e. The summed E-state index contributed by atoms with van der Waals surface area (Å²) in [5.41, 5.74) is 7.51. The van der Waals surface area contributed by atoms with E-state index in [9.17, 15) is 23.9 Å². The SMILES string of the molecule is Cc1cn(C2CC(N=[N+]=[N-])C(COP(=O)([O-])[O-])O2)c(=O)[nH]c1=O.[Na+].[Na+]. The van der Waals surface area contributed by atoms with Crippen molar-refractivity contribution in [3.8, 4) is 0 Å². The Morgan fingerprint density at radius 3 is 2.72 bits per heavy atom. The number of azide groups is 1. The van der Waals surface area contributed by atoms with Gasteiger partial charge in [-0.1, -0.05) is 5.11 Å². The first-order valence-electron chi connectivity index (χ1n) is 6.39. The molecule has 0 bridgehead atoms. The predicted octanol–water partition coefficient (Wildman–Crippen LogP) is -7.34. The molecular formula is C10H12N5Na2O7P. The summed E-state index contributed by atoms with van der Waals surface area (Å²) in [5.74, 6) is 0. The van der Waals surface area contributed by atoms with E-state index in [-0.39, 0.29) is 71.1 Å². The molecule has 0 aromatic carbocycles. The van der Waals surface area contributed by atoms with Crippen LogP contribution in [0.4, 0.5) is 0 Å². The molecule has 12 nitrogen and oxygen atoms in total. The topological polar surface area (TPSA) is 185 Å². The molecule has 1 aromatic heterocycles. The van der Waals surface area contributed by atoms with E-state index in [0.717, 1.165) is 4.57 Å². The molecule has 2 rings (SSSR count). The molecule has 126 valence electrons. The monoisotopic (exact) mass is 391 g/mol. The number of aryl methyl sites for hydroxylation is 1. The van der Waals surface area contributed by atoms with Crippen LogP contribution in [0.3, 0.4) is 0 Å². The van der Waals surface area contributed by atoms with E-state index in [0.29, 0.717) is 0 Å². The molecule has 3 unspecified atom stereocenters. The molecule has 1 aromatic rings. The Labute approximate surface area is 185 Å². The van der Waals surface area contributed by atoms with E-state index in [4.69, 9.17) is 10.3 Å². The number of aromatic amines is 1. The average Bonchev–Trinajstić information content (AvgIpc) is 2.83. The number of phosphoric acid groups is 1. The minimum absolute atomic E-state index is 0. The fourth-order valence-electron chi connectivity index (χ4n) is 2.19. The minimum Gasteiger partial charge on any atom is -0.790 e. The molecular weight excluding hydrogens is 379 g/mol. The molecule has 0 aliphatic carbocycles. The number of ether oxygens (including phenoxy) is 1. The van der Waals surface area contributed by atoms with E-state index < -0.39 is 44.1 Å². The van der Waals surface area contributed by atoms with E-state index in [2.05, 4.69) is 19.5 Å². The molecule has 2 heterocycles. The van der Waals surface area contributed by atoms with Crippen LogP contribution in [-0.4, -0.2) is 28.3 Å². The van der Waals surface area contributed by atoms with Gasteiger partial charge in [-0.15, -0.1) is 0 Å². The molecule has 3 atom stereocenters. The van der Waals surface area contributed by atoms with Gasteiger partial charge >= 0.3 is 64.8 Å². The van der Waals surface area contributed by atoms with Gasteiger partial charge in [-0.05, 0) is 12.5 Å². The van der Waals surface area contributed by atoms with Crippen LogP contribution in [0.1, 0.15) is 18.2 Å². The van der Waals surface area contributed by atoms with Crippen molar-refractivity contribution in [1.29, 1.82) is 0 Å². The summed E-state index contributed by atoms with van der Waals surface area (Å²) in [6.45, 7) is 0.849. The summed E-state index contributed by atoms with van der Waals surface area (Å²) in [5, 5.41) is 3.45. The molecule has 0 spiro atoms.